The topological polar surface area (TPSA) is 103 Å². The van der Waals surface area contributed by atoms with Gasteiger partial charge in [-0.15, -0.1) is 0 Å². The van der Waals surface area contributed by atoms with Crippen molar-refractivity contribution in [2.24, 2.45) is 5.10 Å². The molecule has 2 rings (SSSR count). The average molecular weight is 343 g/mol. The summed E-state index contributed by atoms with van der Waals surface area (Å²) in [5.74, 6) is 0.611. The number of nitro groups is 1. The molecule has 0 aromatic heterocycles. The van der Waals surface area contributed by atoms with Gasteiger partial charge in [-0.25, -0.2) is 5.43 Å². The van der Waals surface area contributed by atoms with Crippen LogP contribution < -0.4 is 14.9 Å². The second kappa shape index (κ2) is 8.44. The molecule has 0 heterocycles. The van der Waals surface area contributed by atoms with Crippen molar-refractivity contribution in [1.82, 2.24) is 5.43 Å². The summed E-state index contributed by atoms with van der Waals surface area (Å²) in [7, 11) is 1.54. The Morgan fingerprint density at radius 3 is 2.60 bits per heavy atom. The SMILES string of the molecule is CCOc1c(/C=N/NC(=O)c2ccc([N+](=O)[O-])cc2)cccc1OC. The van der Waals surface area contributed by atoms with E-state index >= 15 is 0 Å². The van der Waals surface area contributed by atoms with Crippen molar-refractivity contribution < 1.29 is 19.2 Å². The zero-order chi connectivity index (χ0) is 18.2. The molecule has 2 aromatic carbocycles. The molecule has 25 heavy (non-hydrogen) atoms. The lowest BCUT2D eigenvalue weighted by Gasteiger charge is -2.11. The Morgan fingerprint density at radius 1 is 1.28 bits per heavy atom. The van der Waals surface area contributed by atoms with Crippen LogP contribution in [0.15, 0.2) is 47.6 Å². The van der Waals surface area contributed by atoms with Gasteiger partial charge in [-0.1, -0.05) is 6.07 Å². The van der Waals surface area contributed by atoms with E-state index in [-0.39, 0.29) is 11.3 Å². The van der Waals surface area contributed by atoms with Crippen LogP contribution in [0.1, 0.15) is 22.8 Å². The second-order valence-corrected chi connectivity index (χ2v) is 4.81. The van der Waals surface area contributed by atoms with Crippen LogP contribution in [0.2, 0.25) is 0 Å². The zero-order valence-electron chi connectivity index (χ0n) is 13.8. The monoisotopic (exact) mass is 343 g/mol. The number of nitro benzene ring substituents is 1. The number of nitrogens with zero attached hydrogens (tertiary/aromatic N) is 2. The molecule has 0 aliphatic carbocycles. The minimum Gasteiger partial charge on any atom is -0.493 e. The smallest absolute Gasteiger partial charge is 0.271 e. The molecule has 0 saturated heterocycles. The zero-order valence-corrected chi connectivity index (χ0v) is 13.8. The van der Waals surface area contributed by atoms with Gasteiger partial charge in [0.2, 0.25) is 0 Å². The Bertz CT molecular complexity index is 787. The first-order valence-electron chi connectivity index (χ1n) is 7.44. The van der Waals surface area contributed by atoms with E-state index in [2.05, 4.69) is 10.5 Å². The van der Waals surface area contributed by atoms with Gasteiger partial charge in [-0.3, -0.25) is 14.9 Å². The van der Waals surface area contributed by atoms with Gasteiger partial charge in [0.15, 0.2) is 11.5 Å². The van der Waals surface area contributed by atoms with Crippen molar-refractivity contribution in [3.63, 3.8) is 0 Å². The molecular formula is C17H17N3O5. The van der Waals surface area contributed by atoms with Crippen LogP contribution in [0, 0.1) is 10.1 Å². The maximum Gasteiger partial charge on any atom is 0.271 e. The van der Waals surface area contributed by atoms with E-state index in [1.54, 1.807) is 18.2 Å². The number of amides is 1. The average Bonchev–Trinajstić information content (AvgIpc) is 2.63. The highest BCUT2D eigenvalue weighted by atomic mass is 16.6. The van der Waals surface area contributed by atoms with Gasteiger partial charge in [-0.05, 0) is 31.2 Å². The van der Waals surface area contributed by atoms with E-state index in [0.29, 0.717) is 23.7 Å². The number of carbonyl (C=O) groups excluding carboxylic acids is 1. The highest BCUT2D eigenvalue weighted by molar-refractivity contribution is 5.95. The first-order valence-corrected chi connectivity index (χ1v) is 7.44. The van der Waals surface area contributed by atoms with Gasteiger partial charge in [0.05, 0.1) is 24.9 Å². The molecule has 0 radical (unpaired) electrons. The quantitative estimate of drug-likeness (QED) is 0.473. The number of hydrazone groups is 1. The third-order valence-electron chi connectivity index (χ3n) is 3.23. The molecule has 0 unspecified atom stereocenters. The van der Waals surface area contributed by atoms with Crippen LogP contribution in [-0.4, -0.2) is 30.8 Å². The normalized spacial score (nSPS) is 10.5. The summed E-state index contributed by atoms with van der Waals surface area (Å²) >= 11 is 0. The van der Waals surface area contributed by atoms with Crippen molar-refractivity contribution >= 4 is 17.8 Å². The van der Waals surface area contributed by atoms with Gasteiger partial charge in [0, 0.05) is 23.3 Å². The minimum atomic E-state index is -0.530. The van der Waals surface area contributed by atoms with Gasteiger partial charge < -0.3 is 9.47 Å². The lowest BCUT2D eigenvalue weighted by Crippen LogP contribution is -2.17. The van der Waals surface area contributed by atoms with E-state index in [0.717, 1.165) is 0 Å². The molecule has 0 atom stereocenters. The molecule has 1 N–H and O–H groups in total. The number of hydrogen-bond acceptors (Lipinski definition) is 6. The number of methoxy groups -OCH3 is 1. The maximum atomic E-state index is 12.0. The van der Waals surface area contributed by atoms with E-state index in [4.69, 9.17) is 9.47 Å². The van der Waals surface area contributed by atoms with Crippen LogP contribution in [-0.2, 0) is 0 Å². The highest BCUT2D eigenvalue weighted by Gasteiger charge is 2.10. The molecule has 0 bridgehead atoms. The van der Waals surface area contributed by atoms with Crippen molar-refractivity contribution in [3.8, 4) is 11.5 Å². The maximum absolute atomic E-state index is 12.0. The fourth-order valence-electron chi connectivity index (χ4n) is 2.05. The lowest BCUT2D eigenvalue weighted by molar-refractivity contribution is -0.384. The summed E-state index contributed by atoms with van der Waals surface area (Å²) in [6.07, 6.45) is 1.44. The largest absolute Gasteiger partial charge is 0.493 e. The molecular weight excluding hydrogens is 326 g/mol. The lowest BCUT2D eigenvalue weighted by atomic mass is 10.2. The number of rotatable bonds is 7. The first kappa shape index (κ1) is 17.9. The predicted octanol–water partition coefficient (Wildman–Crippen LogP) is 2.77. The number of ether oxygens (including phenoxy) is 2. The Morgan fingerprint density at radius 2 is 2.00 bits per heavy atom. The van der Waals surface area contributed by atoms with Gasteiger partial charge >= 0.3 is 0 Å². The molecule has 0 saturated carbocycles. The molecule has 130 valence electrons. The third-order valence-corrected chi connectivity index (χ3v) is 3.23. The fraction of sp³-hybridized carbons (Fsp3) is 0.176. The molecule has 8 heteroatoms. The minimum absolute atomic E-state index is 0.0854. The Hall–Kier alpha value is -3.42. The Balaban J connectivity index is 2.10. The third kappa shape index (κ3) is 4.54. The number of para-hydroxylation sites is 1. The van der Waals surface area contributed by atoms with Crippen LogP contribution in [0.4, 0.5) is 5.69 Å². The highest BCUT2D eigenvalue weighted by Crippen LogP contribution is 2.29. The van der Waals surface area contributed by atoms with Crippen molar-refractivity contribution in [2.75, 3.05) is 13.7 Å². The van der Waals surface area contributed by atoms with Crippen molar-refractivity contribution in [3.05, 3.63) is 63.7 Å². The molecule has 1 amide bonds. The van der Waals surface area contributed by atoms with E-state index in [1.165, 1.54) is 37.6 Å². The number of hydrogen-bond donors (Lipinski definition) is 1. The van der Waals surface area contributed by atoms with Crippen molar-refractivity contribution in [1.29, 1.82) is 0 Å². The summed E-state index contributed by atoms with van der Waals surface area (Å²) in [5.41, 5.74) is 3.19. The van der Waals surface area contributed by atoms with Crippen LogP contribution >= 0.6 is 0 Å². The summed E-state index contributed by atoms with van der Waals surface area (Å²) in [6, 6.07) is 10.6. The number of benzene rings is 2. The van der Waals surface area contributed by atoms with Crippen LogP contribution in [0.25, 0.3) is 0 Å². The fourth-order valence-corrected chi connectivity index (χ4v) is 2.05. The Kier molecular flexibility index (Phi) is 6.05. The molecule has 2 aromatic rings. The summed E-state index contributed by atoms with van der Waals surface area (Å²) in [5, 5.41) is 14.5. The first-order chi connectivity index (χ1) is 12.1. The van der Waals surface area contributed by atoms with E-state index in [1.807, 2.05) is 6.92 Å². The van der Waals surface area contributed by atoms with E-state index < -0.39 is 10.8 Å². The Labute approximate surface area is 144 Å². The molecule has 0 aliphatic heterocycles. The predicted molar refractivity (Wildman–Crippen MR) is 92.3 cm³/mol. The number of carbonyl (C=O) groups is 1. The summed E-state index contributed by atoms with van der Waals surface area (Å²) < 4.78 is 10.8. The van der Waals surface area contributed by atoms with Crippen LogP contribution in [0.5, 0.6) is 11.5 Å². The van der Waals surface area contributed by atoms with Crippen LogP contribution in [0.3, 0.4) is 0 Å². The number of nitrogens with one attached hydrogen (secondary N) is 1. The second-order valence-electron chi connectivity index (χ2n) is 4.81. The molecule has 8 nitrogen and oxygen atoms in total. The summed E-state index contributed by atoms with van der Waals surface area (Å²) in [6.45, 7) is 2.31. The van der Waals surface area contributed by atoms with Gasteiger partial charge in [0.1, 0.15) is 0 Å². The summed E-state index contributed by atoms with van der Waals surface area (Å²) in [4.78, 5) is 22.1. The van der Waals surface area contributed by atoms with Crippen molar-refractivity contribution in [2.45, 2.75) is 6.92 Å². The van der Waals surface area contributed by atoms with Gasteiger partial charge in [-0.2, -0.15) is 5.10 Å². The number of non-ortho nitro benzene ring substituents is 1. The molecule has 0 fully saturated rings. The molecule has 0 aliphatic rings. The van der Waals surface area contributed by atoms with E-state index in [9.17, 15) is 14.9 Å². The standard InChI is InChI=1S/C17H17N3O5/c1-3-25-16-13(5-4-6-15(16)24-2)11-18-19-17(21)12-7-9-14(10-8-12)20(22)23/h4-11H,3H2,1-2H3,(H,19,21)/b18-11+. The molecule has 0 spiro atoms. The van der Waals surface area contributed by atoms with Gasteiger partial charge in [0.25, 0.3) is 11.6 Å².